The van der Waals surface area contributed by atoms with Crippen molar-refractivity contribution >= 4 is 0 Å². The Hall–Kier alpha value is 0. The quantitative estimate of drug-likeness (QED) is 0.470. The Morgan fingerprint density at radius 2 is 2.00 bits per heavy atom. The molecule has 0 bridgehead atoms. The van der Waals surface area contributed by atoms with E-state index in [0.717, 1.165) is 11.8 Å². The maximum absolute atomic E-state index is 2.30. The summed E-state index contributed by atoms with van der Waals surface area (Å²) in [5.41, 5.74) is 0. The van der Waals surface area contributed by atoms with Crippen molar-refractivity contribution in [3.63, 3.8) is 0 Å². The van der Waals surface area contributed by atoms with Crippen LogP contribution in [-0.4, -0.2) is 0 Å². The third-order valence-electron chi connectivity index (χ3n) is 1.76. The summed E-state index contributed by atoms with van der Waals surface area (Å²) >= 11 is 0. The Morgan fingerprint density at radius 1 is 1.57 bits per heavy atom. The second-order valence-corrected chi connectivity index (χ2v) is 2.83. The molecule has 1 rings (SSSR count). The Balaban J connectivity index is 2.20. The standard InChI is InChI=1S/C7H13/c1-5(2)7-4-6(7)3/h5-6H,4H2,1-3H3. The van der Waals surface area contributed by atoms with E-state index in [4.69, 9.17) is 0 Å². The molecular weight excluding hydrogens is 84.1 g/mol. The van der Waals surface area contributed by atoms with E-state index < -0.39 is 0 Å². The van der Waals surface area contributed by atoms with E-state index in [-0.39, 0.29) is 0 Å². The highest BCUT2D eigenvalue weighted by molar-refractivity contribution is 5.13. The minimum Gasteiger partial charge on any atom is -0.0622 e. The summed E-state index contributed by atoms with van der Waals surface area (Å²) in [4.78, 5) is 0. The van der Waals surface area contributed by atoms with Crippen molar-refractivity contribution in [2.45, 2.75) is 27.2 Å². The van der Waals surface area contributed by atoms with Crippen molar-refractivity contribution in [1.82, 2.24) is 0 Å². The van der Waals surface area contributed by atoms with E-state index in [1.54, 1.807) is 5.92 Å². The molecule has 1 radical (unpaired) electrons. The van der Waals surface area contributed by atoms with E-state index in [1.165, 1.54) is 6.42 Å². The van der Waals surface area contributed by atoms with E-state index >= 15 is 0 Å². The van der Waals surface area contributed by atoms with Crippen molar-refractivity contribution in [3.8, 4) is 0 Å². The maximum atomic E-state index is 2.30. The molecule has 1 aliphatic carbocycles. The Kier molecular flexibility index (Phi) is 1.10. The van der Waals surface area contributed by atoms with Crippen LogP contribution in [-0.2, 0) is 0 Å². The molecule has 0 aliphatic heterocycles. The van der Waals surface area contributed by atoms with Crippen LogP contribution in [0.2, 0.25) is 0 Å². The first-order chi connectivity index (χ1) is 3.22. The van der Waals surface area contributed by atoms with Gasteiger partial charge in [0.2, 0.25) is 0 Å². The van der Waals surface area contributed by atoms with E-state index in [1.807, 2.05) is 0 Å². The second kappa shape index (κ2) is 1.50. The summed E-state index contributed by atoms with van der Waals surface area (Å²) in [7, 11) is 0. The van der Waals surface area contributed by atoms with Gasteiger partial charge in [-0.15, -0.1) is 0 Å². The normalized spacial score (nSPS) is 31.7. The maximum Gasteiger partial charge on any atom is -0.0184 e. The first kappa shape index (κ1) is 5.14. The number of hydrogen-bond acceptors (Lipinski definition) is 0. The van der Waals surface area contributed by atoms with E-state index in [0.29, 0.717) is 0 Å². The molecule has 1 atom stereocenters. The van der Waals surface area contributed by atoms with Gasteiger partial charge in [0.15, 0.2) is 0 Å². The van der Waals surface area contributed by atoms with Crippen LogP contribution in [0.1, 0.15) is 27.2 Å². The third-order valence-corrected chi connectivity index (χ3v) is 1.76. The Bertz CT molecular complexity index is 64.4. The monoisotopic (exact) mass is 97.1 g/mol. The first-order valence-electron chi connectivity index (χ1n) is 3.07. The summed E-state index contributed by atoms with van der Waals surface area (Å²) in [6.45, 7) is 6.85. The van der Waals surface area contributed by atoms with Crippen molar-refractivity contribution in [2.75, 3.05) is 0 Å². The van der Waals surface area contributed by atoms with Gasteiger partial charge in [-0.25, -0.2) is 0 Å². The highest BCUT2D eigenvalue weighted by Gasteiger charge is 2.35. The van der Waals surface area contributed by atoms with Gasteiger partial charge in [-0.05, 0) is 24.2 Å². The predicted molar refractivity (Wildman–Crippen MR) is 31.9 cm³/mol. The van der Waals surface area contributed by atoms with Crippen molar-refractivity contribution in [2.24, 2.45) is 11.8 Å². The minimum atomic E-state index is 0.856. The van der Waals surface area contributed by atoms with Gasteiger partial charge in [0, 0.05) is 0 Å². The highest BCUT2D eigenvalue weighted by Crippen LogP contribution is 2.45. The average Bonchev–Trinajstić information content (AvgIpc) is 2.17. The molecule has 1 saturated carbocycles. The molecule has 0 aromatic carbocycles. The molecule has 41 valence electrons. The van der Waals surface area contributed by atoms with Gasteiger partial charge in [0.05, 0.1) is 0 Å². The molecule has 0 N–H and O–H groups in total. The molecule has 0 heteroatoms. The minimum absolute atomic E-state index is 0.856. The van der Waals surface area contributed by atoms with Crippen LogP contribution in [0.15, 0.2) is 0 Å². The SMILES string of the molecule is CC(C)[C]1CC1C. The van der Waals surface area contributed by atoms with Crippen LogP contribution in [0.3, 0.4) is 0 Å². The summed E-state index contributed by atoms with van der Waals surface area (Å²) in [6, 6.07) is 0. The molecule has 1 unspecified atom stereocenters. The van der Waals surface area contributed by atoms with Crippen LogP contribution in [0.4, 0.5) is 0 Å². The summed E-state index contributed by atoms with van der Waals surface area (Å²) in [5, 5.41) is 0. The average molecular weight is 97.2 g/mol. The lowest BCUT2D eigenvalue weighted by molar-refractivity contribution is 0.712. The molecule has 1 fully saturated rings. The fraction of sp³-hybridized carbons (Fsp3) is 0.857. The second-order valence-electron chi connectivity index (χ2n) is 2.83. The number of rotatable bonds is 1. The van der Waals surface area contributed by atoms with Gasteiger partial charge in [-0.3, -0.25) is 0 Å². The van der Waals surface area contributed by atoms with Crippen LogP contribution in [0.25, 0.3) is 0 Å². The lowest BCUT2D eigenvalue weighted by atomic mass is 10.1. The lowest BCUT2D eigenvalue weighted by Crippen LogP contribution is -1.86. The number of hydrogen-bond donors (Lipinski definition) is 0. The molecule has 0 saturated heterocycles. The molecule has 0 spiro atoms. The predicted octanol–water partition coefficient (Wildman–Crippen LogP) is 2.26. The lowest BCUT2D eigenvalue weighted by Gasteiger charge is -1.96. The van der Waals surface area contributed by atoms with Crippen LogP contribution >= 0.6 is 0 Å². The first-order valence-corrected chi connectivity index (χ1v) is 3.07. The summed E-state index contributed by atoms with van der Waals surface area (Å²) < 4.78 is 0. The molecule has 7 heavy (non-hydrogen) atoms. The summed E-state index contributed by atoms with van der Waals surface area (Å²) in [5.74, 6) is 3.58. The fourth-order valence-corrected chi connectivity index (χ4v) is 1.10. The van der Waals surface area contributed by atoms with Crippen molar-refractivity contribution in [3.05, 3.63) is 5.92 Å². The molecule has 0 aromatic heterocycles. The zero-order valence-electron chi connectivity index (χ0n) is 5.36. The molecule has 0 amide bonds. The Labute approximate surface area is 45.9 Å². The van der Waals surface area contributed by atoms with Gasteiger partial charge in [0.25, 0.3) is 0 Å². The van der Waals surface area contributed by atoms with Crippen LogP contribution < -0.4 is 0 Å². The zero-order chi connectivity index (χ0) is 5.44. The highest BCUT2D eigenvalue weighted by atomic mass is 14.4. The van der Waals surface area contributed by atoms with Gasteiger partial charge < -0.3 is 0 Å². The van der Waals surface area contributed by atoms with E-state index in [2.05, 4.69) is 20.8 Å². The largest absolute Gasteiger partial charge is 0.0622 e. The van der Waals surface area contributed by atoms with Crippen molar-refractivity contribution in [1.29, 1.82) is 0 Å². The molecule has 0 nitrogen and oxygen atoms in total. The smallest absolute Gasteiger partial charge is 0.0184 e. The molecular formula is C7H13. The van der Waals surface area contributed by atoms with E-state index in [9.17, 15) is 0 Å². The molecule has 0 aromatic rings. The summed E-state index contributed by atoms with van der Waals surface area (Å²) in [6.07, 6.45) is 1.40. The molecule has 0 heterocycles. The topological polar surface area (TPSA) is 0 Å². The molecule has 1 aliphatic rings. The van der Waals surface area contributed by atoms with Gasteiger partial charge in [-0.1, -0.05) is 20.8 Å². The van der Waals surface area contributed by atoms with Gasteiger partial charge in [-0.2, -0.15) is 0 Å². The van der Waals surface area contributed by atoms with Crippen LogP contribution in [0, 0.1) is 17.8 Å². The van der Waals surface area contributed by atoms with Gasteiger partial charge in [0.1, 0.15) is 0 Å². The third kappa shape index (κ3) is 0.960. The zero-order valence-corrected chi connectivity index (χ0v) is 5.36. The van der Waals surface area contributed by atoms with Crippen LogP contribution in [0.5, 0.6) is 0 Å². The van der Waals surface area contributed by atoms with Gasteiger partial charge >= 0.3 is 0 Å². The van der Waals surface area contributed by atoms with Crippen molar-refractivity contribution < 1.29 is 0 Å². The fourth-order valence-electron chi connectivity index (χ4n) is 1.10. The Morgan fingerprint density at radius 3 is 2.00 bits per heavy atom.